The van der Waals surface area contributed by atoms with E-state index in [9.17, 15) is 14.4 Å². The molecule has 0 saturated carbocycles. The molecule has 0 aromatic carbocycles. The summed E-state index contributed by atoms with van der Waals surface area (Å²) in [6.07, 6.45) is 76.2. The van der Waals surface area contributed by atoms with Crippen molar-refractivity contribution in [2.45, 2.75) is 309 Å². The number of esters is 3. The largest absolute Gasteiger partial charge is 0.462 e. The summed E-state index contributed by atoms with van der Waals surface area (Å²) in [5.41, 5.74) is 0. The predicted octanol–water partition coefficient (Wildman–Crippen LogP) is 20.5. The molecule has 0 aliphatic rings. The first-order valence-electron chi connectivity index (χ1n) is 30.4. The zero-order chi connectivity index (χ0) is 51.4. The lowest BCUT2D eigenvalue weighted by Gasteiger charge is -2.18. The molecule has 0 amide bonds. The van der Waals surface area contributed by atoms with Crippen molar-refractivity contribution in [3.8, 4) is 0 Å². The van der Waals surface area contributed by atoms with Crippen LogP contribution in [0.15, 0.2) is 72.9 Å². The van der Waals surface area contributed by atoms with Crippen molar-refractivity contribution in [2.75, 3.05) is 13.2 Å². The molecule has 0 N–H and O–H groups in total. The Balaban J connectivity index is 4.35. The first-order valence-corrected chi connectivity index (χ1v) is 30.4. The van der Waals surface area contributed by atoms with E-state index in [2.05, 4.69) is 93.7 Å². The topological polar surface area (TPSA) is 78.9 Å². The second-order valence-corrected chi connectivity index (χ2v) is 20.2. The summed E-state index contributed by atoms with van der Waals surface area (Å²) in [6, 6.07) is 0. The summed E-state index contributed by atoms with van der Waals surface area (Å²) in [5.74, 6) is -0.897. The van der Waals surface area contributed by atoms with Gasteiger partial charge in [0.1, 0.15) is 13.2 Å². The minimum atomic E-state index is -0.787. The molecule has 6 heteroatoms. The lowest BCUT2D eigenvalue weighted by Crippen LogP contribution is -2.30. The van der Waals surface area contributed by atoms with Gasteiger partial charge in [-0.1, -0.05) is 273 Å². The highest BCUT2D eigenvalue weighted by molar-refractivity contribution is 5.71. The van der Waals surface area contributed by atoms with Crippen molar-refractivity contribution in [1.82, 2.24) is 0 Å². The molecule has 0 aliphatic heterocycles. The summed E-state index contributed by atoms with van der Waals surface area (Å²) in [7, 11) is 0. The van der Waals surface area contributed by atoms with E-state index >= 15 is 0 Å². The second kappa shape index (κ2) is 59.4. The fourth-order valence-electron chi connectivity index (χ4n) is 8.71. The van der Waals surface area contributed by atoms with E-state index in [1.54, 1.807) is 0 Å². The average Bonchev–Trinajstić information content (AvgIpc) is 3.37. The van der Waals surface area contributed by atoms with E-state index in [-0.39, 0.29) is 31.1 Å². The van der Waals surface area contributed by atoms with Gasteiger partial charge < -0.3 is 14.2 Å². The van der Waals surface area contributed by atoms with Gasteiger partial charge in [-0.3, -0.25) is 14.4 Å². The Bertz CT molecular complexity index is 1320. The fraction of sp³-hybridized carbons (Fsp3) is 0.769. The summed E-state index contributed by atoms with van der Waals surface area (Å²) in [6.45, 7) is 6.43. The van der Waals surface area contributed by atoms with Crippen molar-refractivity contribution in [3.63, 3.8) is 0 Å². The molecule has 1 atom stereocenters. The molecule has 0 spiro atoms. The Morgan fingerprint density at radius 3 is 0.859 bits per heavy atom. The standard InChI is InChI=1S/C65H114O6/c1-4-7-10-13-16-19-22-25-28-30-31-32-33-35-37-40-43-46-49-52-55-58-64(67)70-61-62(60-69-63(66)57-54-51-48-45-42-39-36-27-24-21-18-15-12-9-6-3)71-65(68)59-56-53-50-47-44-41-38-34-29-26-23-20-17-14-11-8-5-2/h8-9,11-12,17-18,20-21,26-27,29,36,62H,4-7,10,13-16,19,22-25,28,30-35,37-61H2,1-3H3/b11-8-,12-9-,20-17-,21-18-,29-26-,36-27-. The van der Waals surface area contributed by atoms with Crippen LogP contribution in [0.25, 0.3) is 0 Å². The lowest BCUT2D eigenvalue weighted by atomic mass is 10.0. The Kier molecular flexibility index (Phi) is 56.8. The van der Waals surface area contributed by atoms with Crippen molar-refractivity contribution in [3.05, 3.63) is 72.9 Å². The van der Waals surface area contributed by atoms with Crippen LogP contribution in [0.5, 0.6) is 0 Å². The number of unbranched alkanes of at least 4 members (excludes halogenated alkanes) is 32. The third-order valence-corrected chi connectivity index (χ3v) is 13.2. The van der Waals surface area contributed by atoms with Gasteiger partial charge in [-0.25, -0.2) is 0 Å². The van der Waals surface area contributed by atoms with Crippen LogP contribution >= 0.6 is 0 Å². The average molecular weight is 992 g/mol. The van der Waals surface area contributed by atoms with Gasteiger partial charge in [-0.15, -0.1) is 0 Å². The van der Waals surface area contributed by atoms with E-state index in [4.69, 9.17) is 14.2 Å². The molecule has 0 fully saturated rings. The maximum absolute atomic E-state index is 12.9. The Morgan fingerprint density at radius 1 is 0.296 bits per heavy atom. The second-order valence-electron chi connectivity index (χ2n) is 20.2. The Hall–Kier alpha value is -3.15. The van der Waals surface area contributed by atoms with Crippen LogP contribution in [0.4, 0.5) is 0 Å². The maximum atomic E-state index is 12.9. The molecule has 0 rings (SSSR count). The van der Waals surface area contributed by atoms with Gasteiger partial charge >= 0.3 is 17.9 Å². The number of carbonyl (C=O) groups is 3. The molecule has 71 heavy (non-hydrogen) atoms. The van der Waals surface area contributed by atoms with Gasteiger partial charge in [0.15, 0.2) is 6.10 Å². The molecule has 0 bridgehead atoms. The zero-order valence-electron chi connectivity index (χ0n) is 47.0. The van der Waals surface area contributed by atoms with E-state index < -0.39 is 6.10 Å². The van der Waals surface area contributed by atoms with E-state index in [1.807, 2.05) is 0 Å². The third-order valence-electron chi connectivity index (χ3n) is 13.2. The number of hydrogen-bond donors (Lipinski definition) is 0. The summed E-state index contributed by atoms with van der Waals surface area (Å²) in [4.78, 5) is 38.2. The molecular weight excluding hydrogens is 877 g/mol. The molecule has 410 valence electrons. The minimum Gasteiger partial charge on any atom is -0.462 e. The molecule has 0 radical (unpaired) electrons. The van der Waals surface area contributed by atoms with Gasteiger partial charge in [0.2, 0.25) is 0 Å². The quantitative estimate of drug-likeness (QED) is 0.0261. The zero-order valence-corrected chi connectivity index (χ0v) is 47.0. The summed E-state index contributed by atoms with van der Waals surface area (Å²) in [5, 5.41) is 0. The summed E-state index contributed by atoms with van der Waals surface area (Å²) >= 11 is 0. The van der Waals surface area contributed by atoms with Gasteiger partial charge in [0.25, 0.3) is 0 Å². The molecule has 6 nitrogen and oxygen atoms in total. The molecule has 1 unspecified atom stereocenters. The third kappa shape index (κ3) is 57.6. The van der Waals surface area contributed by atoms with Crippen molar-refractivity contribution in [2.24, 2.45) is 0 Å². The van der Waals surface area contributed by atoms with Crippen molar-refractivity contribution in [1.29, 1.82) is 0 Å². The first-order chi connectivity index (χ1) is 35.0. The number of ether oxygens (including phenoxy) is 3. The Labute approximate surface area is 440 Å². The normalized spacial score (nSPS) is 12.5. The maximum Gasteiger partial charge on any atom is 0.306 e. The van der Waals surface area contributed by atoms with Crippen LogP contribution in [-0.2, 0) is 28.6 Å². The smallest absolute Gasteiger partial charge is 0.306 e. The van der Waals surface area contributed by atoms with E-state index in [0.29, 0.717) is 19.3 Å². The highest BCUT2D eigenvalue weighted by Gasteiger charge is 2.19. The molecule has 0 saturated heterocycles. The van der Waals surface area contributed by atoms with E-state index in [1.165, 1.54) is 141 Å². The minimum absolute atomic E-state index is 0.0827. The summed E-state index contributed by atoms with van der Waals surface area (Å²) < 4.78 is 16.9. The number of rotatable bonds is 55. The van der Waals surface area contributed by atoms with Crippen molar-refractivity contribution >= 4 is 17.9 Å². The molecule has 0 aromatic rings. The lowest BCUT2D eigenvalue weighted by molar-refractivity contribution is -0.167. The SMILES string of the molecule is CC/C=C\C/C=C\C/C=C\CCCCCCCCCC(=O)OC(COC(=O)CCCCCCC/C=C\C/C=C\C/C=C\CC)COC(=O)CCCCCCCCCCCCCCCCCCCCCCC. The monoisotopic (exact) mass is 991 g/mol. The van der Waals surface area contributed by atoms with Gasteiger partial charge in [0, 0.05) is 19.3 Å². The highest BCUT2D eigenvalue weighted by Crippen LogP contribution is 2.17. The molecule has 0 aliphatic carbocycles. The number of allylic oxidation sites excluding steroid dienone is 12. The van der Waals surface area contributed by atoms with Crippen LogP contribution in [-0.4, -0.2) is 37.2 Å². The van der Waals surface area contributed by atoms with Crippen LogP contribution in [0, 0.1) is 0 Å². The molecule has 0 heterocycles. The molecular formula is C65H114O6. The van der Waals surface area contributed by atoms with Crippen LogP contribution in [0.2, 0.25) is 0 Å². The predicted molar refractivity (Wildman–Crippen MR) is 307 cm³/mol. The highest BCUT2D eigenvalue weighted by atomic mass is 16.6. The van der Waals surface area contributed by atoms with Crippen LogP contribution in [0.1, 0.15) is 303 Å². The number of hydrogen-bond acceptors (Lipinski definition) is 6. The van der Waals surface area contributed by atoms with Gasteiger partial charge in [-0.05, 0) is 83.5 Å². The first kappa shape index (κ1) is 67.8. The van der Waals surface area contributed by atoms with Crippen LogP contribution < -0.4 is 0 Å². The van der Waals surface area contributed by atoms with Gasteiger partial charge in [-0.2, -0.15) is 0 Å². The molecule has 0 aromatic heterocycles. The van der Waals surface area contributed by atoms with E-state index in [0.717, 1.165) is 122 Å². The number of carbonyl (C=O) groups excluding carboxylic acids is 3. The Morgan fingerprint density at radius 2 is 0.549 bits per heavy atom. The fourth-order valence-corrected chi connectivity index (χ4v) is 8.71. The van der Waals surface area contributed by atoms with Gasteiger partial charge in [0.05, 0.1) is 0 Å². The van der Waals surface area contributed by atoms with Crippen LogP contribution in [0.3, 0.4) is 0 Å². The van der Waals surface area contributed by atoms with Crippen molar-refractivity contribution < 1.29 is 28.6 Å².